The van der Waals surface area contributed by atoms with E-state index in [1.54, 1.807) is 18.2 Å². The molecule has 2 aromatic rings. The average Bonchev–Trinajstić information content (AvgIpc) is 2.94. The zero-order valence-electron chi connectivity index (χ0n) is 23.3. The smallest absolute Gasteiger partial charge is 0.416 e. The Morgan fingerprint density at radius 3 is 1.93 bits per heavy atom. The molecule has 0 aliphatic rings. The molecule has 0 spiro atoms. The van der Waals surface area contributed by atoms with E-state index in [9.17, 15) is 18.0 Å². The number of hydrogen-bond acceptors (Lipinski definition) is 7. The summed E-state index contributed by atoms with van der Waals surface area (Å²) in [5.41, 5.74) is -0.0284. The van der Waals surface area contributed by atoms with Crippen LogP contribution in [0.4, 0.5) is 24.5 Å². The second-order valence-electron chi connectivity index (χ2n) is 9.10. The number of anilines is 2. The quantitative estimate of drug-likeness (QED) is 0.121. The monoisotopic (exact) mass is 569 g/mol. The lowest BCUT2D eigenvalue weighted by Gasteiger charge is -2.13. The van der Waals surface area contributed by atoms with E-state index >= 15 is 0 Å². The van der Waals surface area contributed by atoms with Gasteiger partial charge in [-0.05, 0) is 36.8 Å². The third-order valence-electron chi connectivity index (χ3n) is 5.83. The first-order chi connectivity index (χ1) is 19.4. The van der Waals surface area contributed by atoms with Gasteiger partial charge < -0.3 is 29.0 Å². The molecule has 2 rings (SSSR count). The zero-order chi connectivity index (χ0) is 28.9. The molecule has 0 saturated heterocycles. The first kappa shape index (κ1) is 33.5. The lowest BCUT2D eigenvalue weighted by atomic mass is 10.1. The summed E-state index contributed by atoms with van der Waals surface area (Å²) < 4.78 is 66.1. The number of carbonyl (C=O) groups excluding carboxylic acids is 1. The summed E-state index contributed by atoms with van der Waals surface area (Å²) in [6, 6.07) is 11.2. The maximum Gasteiger partial charge on any atom is 0.416 e. The molecule has 40 heavy (non-hydrogen) atoms. The molecule has 0 fully saturated rings. The fourth-order valence-electron chi connectivity index (χ4n) is 3.72. The number of esters is 1. The Morgan fingerprint density at radius 2 is 1.27 bits per heavy atom. The fourth-order valence-corrected chi connectivity index (χ4v) is 3.72. The predicted molar refractivity (Wildman–Crippen MR) is 148 cm³/mol. The Labute approximate surface area is 235 Å². The molecule has 0 radical (unpaired) electrons. The van der Waals surface area contributed by atoms with Gasteiger partial charge >= 0.3 is 12.1 Å². The highest BCUT2D eigenvalue weighted by Gasteiger charge is 2.30. The second kappa shape index (κ2) is 20.3. The summed E-state index contributed by atoms with van der Waals surface area (Å²) in [6.07, 6.45) is 3.01. The first-order valence-electron chi connectivity index (χ1n) is 13.9. The van der Waals surface area contributed by atoms with Gasteiger partial charge in [-0.1, -0.05) is 57.2 Å². The molecular formula is C30H42F3NO6. The zero-order valence-corrected chi connectivity index (χ0v) is 23.3. The van der Waals surface area contributed by atoms with Crippen LogP contribution in [-0.4, -0.2) is 65.4 Å². The van der Waals surface area contributed by atoms with Crippen molar-refractivity contribution in [1.29, 1.82) is 0 Å². The predicted octanol–water partition coefficient (Wildman–Crippen LogP) is 7.03. The number of halogens is 3. The molecule has 0 unspecified atom stereocenters. The van der Waals surface area contributed by atoms with Crippen LogP contribution in [0.1, 0.15) is 61.4 Å². The van der Waals surface area contributed by atoms with Gasteiger partial charge in [-0.15, -0.1) is 0 Å². The lowest BCUT2D eigenvalue weighted by Crippen LogP contribution is -2.15. The summed E-state index contributed by atoms with van der Waals surface area (Å²) in [7, 11) is 0. The van der Waals surface area contributed by atoms with Gasteiger partial charge in [0.05, 0.1) is 63.1 Å². The number of nitrogens with one attached hydrogen (secondary N) is 1. The summed E-state index contributed by atoms with van der Waals surface area (Å²) in [6.45, 7) is 5.99. The van der Waals surface area contributed by atoms with Crippen molar-refractivity contribution in [2.45, 2.75) is 51.6 Å². The van der Waals surface area contributed by atoms with E-state index in [1.165, 1.54) is 50.3 Å². The molecule has 0 saturated carbocycles. The van der Waals surface area contributed by atoms with Crippen LogP contribution in [0.25, 0.3) is 0 Å². The molecule has 1 N–H and O–H groups in total. The van der Waals surface area contributed by atoms with Gasteiger partial charge in [-0.3, -0.25) is 0 Å². The largest absolute Gasteiger partial charge is 0.460 e. The van der Waals surface area contributed by atoms with Gasteiger partial charge in [0.15, 0.2) is 0 Å². The van der Waals surface area contributed by atoms with Gasteiger partial charge in [0, 0.05) is 12.3 Å². The van der Waals surface area contributed by atoms with E-state index in [0.717, 1.165) is 25.2 Å². The van der Waals surface area contributed by atoms with Gasteiger partial charge in [-0.25, -0.2) is 4.79 Å². The van der Waals surface area contributed by atoms with Crippen molar-refractivity contribution < 1.29 is 41.7 Å². The minimum Gasteiger partial charge on any atom is -0.460 e. The normalized spacial score (nSPS) is 11.5. The van der Waals surface area contributed by atoms with Crippen molar-refractivity contribution in [1.82, 2.24) is 0 Å². The number of carbonyl (C=O) groups is 1. The van der Waals surface area contributed by atoms with Crippen LogP contribution in [0.5, 0.6) is 0 Å². The van der Waals surface area contributed by atoms with Crippen molar-refractivity contribution in [3.05, 3.63) is 59.7 Å². The topological polar surface area (TPSA) is 75.2 Å². The van der Waals surface area contributed by atoms with Crippen LogP contribution in [0.15, 0.2) is 48.5 Å². The van der Waals surface area contributed by atoms with Crippen LogP contribution >= 0.6 is 0 Å². The lowest BCUT2D eigenvalue weighted by molar-refractivity contribution is -0.137. The number of benzene rings is 2. The van der Waals surface area contributed by atoms with Crippen molar-refractivity contribution in [2.24, 2.45) is 0 Å². The molecule has 0 bridgehead atoms. The maximum absolute atomic E-state index is 13.0. The maximum atomic E-state index is 13.0. The molecule has 0 atom stereocenters. The van der Waals surface area contributed by atoms with Gasteiger partial charge in [0.1, 0.15) is 6.61 Å². The molecule has 0 amide bonds. The Morgan fingerprint density at radius 1 is 0.700 bits per heavy atom. The highest BCUT2D eigenvalue weighted by atomic mass is 19.4. The van der Waals surface area contributed by atoms with Crippen molar-refractivity contribution >= 4 is 17.3 Å². The van der Waals surface area contributed by atoms with E-state index in [4.69, 9.17) is 23.7 Å². The molecule has 2 aromatic carbocycles. The Balaban J connectivity index is 1.50. The molecule has 0 heterocycles. The third kappa shape index (κ3) is 14.6. The number of rotatable bonds is 22. The van der Waals surface area contributed by atoms with E-state index in [2.05, 4.69) is 12.2 Å². The first-order valence-corrected chi connectivity index (χ1v) is 13.9. The van der Waals surface area contributed by atoms with Crippen LogP contribution in [0.3, 0.4) is 0 Å². The number of ether oxygens (including phenoxy) is 5. The summed E-state index contributed by atoms with van der Waals surface area (Å²) in [4.78, 5) is 12.5. The molecular weight excluding hydrogens is 527 g/mol. The summed E-state index contributed by atoms with van der Waals surface area (Å²) >= 11 is 0. The van der Waals surface area contributed by atoms with Crippen molar-refractivity contribution in [3.63, 3.8) is 0 Å². The van der Waals surface area contributed by atoms with Crippen LogP contribution in [-0.2, 0) is 29.9 Å². The van der Waals surface area contributed by atoms with Crippen LogP contribution in [0, 0.1) is 0 Å². The number of para-hydroxylation sites is 1. The van der Waals surface area contributed by atoms with Gasteiger partial charge in [-0.2, -0.15) is 13.2 Å². The van der Waals surface area contributed by atoms with Crippen molar-refractivity contribution in [2.75, 3.05) is 64.8 Å². The highest BCUT2D eigenvalue weighted by molar-refractivity contribution is 5.96. The van der Waals surface area contributed by atoms with Crippen molar-refractivity contribution in [3.8, 4) is 0 Å². The van der Waals surface area contributed by atoms with Crippen LogP contribution in [0.2, 0.25) is 0 Å². The van der Waals surface area contributed by atoms with E-state index < -0.39 is 17.7 Å². The average molecular weight is 570 g/mol. The molecule has 0 aromatic heterocycles. The Hall–Kier alpha value is -2.66. The number of hydrogen-bond donors (Lipinski definition) is 1. The molecule has 7 nitrogen and oxygen atoms in total. The Kier molecular flexibility index (Phi) is 17.0. The second-order valence-corrected chi connectivity index (χ2v) is 9.10. The molecule has 224 valence electrons. The number of alkyl halides is 3. The minimum absolute atomic E-state index is 0.0264. The SMILES string of the molecule is CCCCCCCCOCCOCCOCCOCCOC(=O)c1ccccc1Nc1cccc(C(F)(F)F)c1. The van der Waals surface area contributed by atoms with Gasteiger partial charge in [0.2, 0.25) is 0 Å². The standard InChI is InChI=1S/C30H42F3NO6/c1-2-3-4-5-6-9-15-36-16-17-37-18-19-38-20-21-39-22-23-40-29(35)27-13-7-8-14-28(27)34-26-12-10-11-25(24-26)30(31,32)33/h7-8,10-14,24,34H,2-6,9,15-23H2,1H3. The molecule has 10 heteroatoms. The van der Waals surface area contributed by atoms with E-state index in [-0.39, 0.29) is 24.5 Å². The third-order valence-corrected chi connectivity index (χ3v) is 5.83. The van der Waals surface area contributed by atoms with E-state index in [0.29, 0.717) is 45.3 Å². The fraction of sp³-hybridized carbons (Fsp3) is 0.567. The minimum atomic E-state index is -4.46. The van der Waals surface area contributed by atoms with Crippen LogP contribution < -0.4 is 5.32 Å². The van der Waals surface area contributed by atoms with Gasteiger partial charge in [0.25, 0.3) is 0 Å². The van der Waals surface area contributed by atoms with E-state index in [1.807, 2.05) is 0 Å². The summed E-state index contributed by atoms with van der Waals surface area (Å²) in [5, 5.41) is 2.86. The number of unbranched alkanes of at least 4 members (excludes halogenated alkanes) is 5. The highest BCUT2D eigenvalue weighted by Crippen LogP contribution is 2.32. The summed E-state index contributed by atoms with van der Waals surface area (Å²) in [5.74, 6) is -0.608. The Bertz CT molecular complexity index is 957. The molecule has 0 aliphatic heterocycles. The molecule has 0 aliphatic carbocycles.